The summed E-state index contributed by atoms with van der Waals surface area (Å²) in [5.41, 5.74) is 2.15. The standard InChI is InChI=1S/C8H17N3O3/c1-13-6-7(8(12)10-9)11-2-4-14-5-3-11/h7H,2-6,9H2,1H3,(H,10,12). The minimum Gasteiger partial charge on any atom is -0.383 e. The molecule has 0 aromatic rings. The van der Waals surface area contributed by atoms with Gasteiger partial charge in [-0.25, -0.2) is 5.84 Å². The third kappa shape index (κ3) is 2.91. The van der Waals surface area contributed by atoms with Crippen LogP contribution in [0.15, 0.2) is 0 Å². The van der Waals surface area contributed by atoms with E-state index in [9.17, 15) is 4.79 Å². The van der Waals surface area contributed by atoms with Gasteiger partial charge in [0.1, 0.15) is 6.04 Å². The van der Waals surface area contributed by atoms with Gasteiger partial charge in [-0.1, -0.05) is 0 Å². The van der Waals surface area contributed by atoms with Crippen LogP contribution in [0.25, 0.3) is 0 Å². The van der Waals surface area contributed by atoms with Crippen molar-refractivity contribution >= 4 is 5.91 Å². The summed E-state index contributed by atoms with van der Waals surface area (Å²) in [6, 6.07) is -0.311. The van der Waals surface area contributed by atoms with Gasteiger partial charge in [-0.3, -0.25) is 15.1 Å². The molecule has 1 atom stereocenters. The molecule has 3 N–H and O–H groups in total. The highest BCUT2D eigenvalue weighted by molar-refractivity contribution is 5.81. The fourth-order valence-electron chi connectivity index (χ4n) is 1.49. The van der Waals surface area contributed by atoms with Gasteiger partial charge in [0.15, 0.2) is 0 Å². The maximum atomic E-state index is 11.4. The first-order chi connectivity index (χ1) is 6.79. The lowest BCUT2D eigenvalue weighted by atomic mass is 10.2. The molecule has 1 saturated heterocycles. The summed E-state index contributed by atoms with van der Waals surface area (Å²) in [4.78, 5) is 13.4. The monoisotopic (exact) mass is 203 g/mol. The molecule has 0 spiro atoms. The van der Waals surface area contributed by atoms with Crippen molar-refractivity contribution in [1.82, 2.24) is 10.3 Å². The van der Waals surface area contributed by atoms with Crippen LogP contribution in [0.1, 0.15) is 0 Å². The first-order valence-electron chi connectivity index (χ1n) is 4.60. The van der Waals surface area contributed by atoms with E-state index in [-0.39, 0.29) is 11.9 Å². The van der Waals surface area contributed by atoms with Crippen molar-refractivity contribution in [2.45, 2.75) is 6.04 Å². The Morgan fingerprint density at radius 1 is 1.64 bits per heavy atom. The largest absolute Gasteiger partial charge is 0.383 e. The molecule has 1 amide bonds. The lowest BCUT2D eigenvalue weighted by molar-refractivity contribution is -0.130. The minimum absolute atomic E-state index is 0.214. The van der Waals surface area contributed by atoms with Crippen molar-refractivity contribution in [1.29, 1.82) is 0 Å². The Morgan fingerprint density at radius 2 is 2.29 bits per heavy atom. The van der Waals surface area contributed by atoms with Crippen molar-refractivity contribution in [2.75, 3.05) is 40.0 Å². The van der Waals surface area contributed by atoms with Gasteiger partial charge < -0.3 is 9.47 Å². The van der Waals surface area contributed by atoms with Gasteiger partial charge in [0.05, 0.1) is 19.8 Å². The number of hydrogen-bond donors (Lipinski definition) is 2. The molecule has 0 aromatic heterocycles. The normalized spacial score (nSPS) is 20.4. The van der Waals surface area contributed by atoms with Gasteiger partial charge in [0.2, 0.25) is 0 Å². The topological polar surface area (TPSA) is 76.8 Å². The van der Waals surface area contributed by atoms with Crippen LogP contribution in [0.5, 0.6) is 0 Å². The van der Waals surface area contributed by atoms with Crippen LogP contribution in [0.4, 0.5) is 0 Å². The van der Waals surface area contributed by atoms with Gasteiger partial charge in [-0.05, 0) is 0 Å². The van der Waals surface area contributed by atoms with Gasteiger partial charge in [0, 0.05) is 20.2 Å². The molecule has 82 valence electrons. The van der Waals surface area contributed by atoms with Crippen LogP contribution in [0.2, 0.25) is 0 Å². The van der Waals surface area contributed by atoms with Crippen molar-refractivity contribution in [3.05, 3.63) is 0 Å². The third-order valence-electron chi connectivity index (χ3n) is 2.26. The number of hydrogen-bond acceptors (Lipinski definition) is 5. The van der Waals surface area contributed by atoms with Crippen molar-refractivity contribution < 1.29 is 14.3 Å². The number of morpholine rings is 1. The molecule has 14 heavy (non-hydrogen) atoms. The van der Waals surface area contributed by atoms with E-state index in [4.69, 9.17) is 15.3 Å². The van der Waals surface area contributed by atoms with E-state index in [1.807, 2.05) is 4.90 Å². The van der Waals surface area contributed by atoms with Crippen LogP contribution in [-0.2, 0) is 14.3 Å². The second-order valence-corrected chi connectivity index (χ2v) is 3.13. The van der Waals surface area contributed by atoms with Crippen molar-refractivity contribution in [3.8, 4) is 0 Å². The maximum Gasteiger partial charge on any atom is 0.253 e. The molecule has 1 rings (SSSR count). The Kier molecular flexibility index (Phi) is 4.81. The molecule has 6 heteroatoms. The van der Waals surface area contributed by atoms with Crippen LogP contribution >= 0.6 is 0 Å². The number of amides is 1. The Hall–Kier alpha value is -0.690. The first-order valence-corrected chi connectivity index (χ1v) is 4.60. The lowest BCUT2D eigenvalue weighted by Gasteiger charge is -2.32. The predicted octanol–water partition coefficient (Wildman–Crippen LogP) is -1.68. The third-order valence-corrected chi connectivity index (χ3v) is 2.26. The molecule has 0 radical (unpaired) electrons. The molecule has 1 fully saturated rings. The molecular weight excluding hydrogens is 186 g/mol. The zero-order valence-electron chi connectivity index (χ0n) is 8.36. The first kappa shape index (κ1) is 11.4. The van der Waals surface area contributed by atoms with Gasteiger partial charge in [-0.2, -0.15) is 0 Å². The van der Waals surface area contributed by atoms with Crippen LogP contribution < -0.4 is 11.3 Å². The number of rotatable bonds is 4. The Labute approximate surface area is 83.3 Å². The van der Waals surface area contributed by atoms with E-state index in [0.717, 1.165) is 13.1 Å². The second-order valence-electron chi connectivity index (χ2n) is 3.13. The molecule has 1 aliphatic heterocycles. The fraction of sp³-hybridized carbons (Fsp3) is 0.875. The molecule has 1 aliphatic rings. The van der Waals surface area contributed by atoms with Crippen LogP contribution in [-0.4, -0.2) is 56.9 Å². The molecular formula is C8H17N3O3. The van der Waals surface area contributed by atoms with E-state index in [1.54, 1.807) is 7.11 Å². The summed E-state index contributed by atoms with van der Waals surface area (Å²) >= 11 is 0. The van der Waals surface area contributed by atoms with Crippen LogP contribution in [0.3, 0.4) is 0 Å². The summed E-state index contributed by atoms with van der Waals surface area (Å²) in [5.74, 6) is 4.88. The Balaban J connectivity index is 2.50. The number of ether oxygens (including phenoxy) is 2. The number of carbonyl (C=O) groups is 1. The predicted molar refractivity (Wildman–Crippen MR) is 50.4 cm³/mol. The molecule has 0 bridgehead atoms. The zero-order valence-corrected chi connectivity index (χ0v) is 8.36. The van der Waals surface area contributed by atoms with Crippen molar-refractivity contribution in [3.63, 3.8) is 0 Å². The smallest absolute Gasteiger partial charge is 0.253 e. The molecule has 1 unspecified atom stereocenters. The Morgan fingerprint density at radius 3 is 2.79 bits per heavy atom. The molecule has 0 aromatic carbocycles. The summed E-state index contributed by atoms with van der Waals surface area (Å²) in [6.45, 7) is 3.13. The number of nitrogens with one attached hydrogen (secondary N) is 1. The highest BCUT2D eigenvalue weighted by Gasteiger charge is 2.26. The zero-order chi connectivity index (χ0) is 10.4. The molecule has 0 saturated carbocycles. The quantitative estimate of drug-likeness (QED) is 0.324. The summed E-state index contributed by atoms with van der Waals surface area (Å²) in [6.07, 6.45) is 0. The number of carbonyl (C=O) groups excluding carboxylic acids is 1. The van der Waals surface area contributed by atoms with Gasteiger partial charge >= 0.3 is 0 Å². The number of methoxy groups -OCH3 is 1. The Bertz CT molecular complexity index is 183. The molecule has 0 aliphatic carbocycles. The highest BCUT2D eigenvalue weighted by atomic mass is 16.5. The number of nitrogens with two attached hydrogens (primary N) is 1. The summed E-state index contributed by atoms with van der Waals surface area (Å²) in [7, 11) is 1.57. The van der Waals surface area contributed by atoms with E-state index in [1.165, 1.54) is 0 Å². The molecule has 1 heterocycles. The van der Waals surface area contributed by atoms with E-state index < -0.39 is 0 Å². The summed E-state index contributed by atoms with van der Waals surface area (Å²) in [5, 5.41) is 0. The fourth-order valence-corrected chi connectivity index (χ4v) is 1.49. The molecule has 6 nitrogen and oxygen atoms in total. The highest BCUT2D eigenvalue weighted by Crippen LogP contribution is 2.04. The average molecular weight is 203 g/mol. The summed E-state index contributed by atoms with van der Waals surface area (Å²) < 4.78 is 10.2. The van der Waals surface area contributed by atoms with Crippen molar-refractivity contribution in [2.24, 2.45) is 5.84 Å². The van der Waals surface area contributed by atoms with Gasteiger partial charge in [0.25, 0.3) is 5.91 Å². The number of hydrazine groups is 1. The van der Waals surface area contributed by atoms with Crippen LogP contribution in [0, 0.1) is 0 Å². The SMILES string of the molecule is COCC(C(=O)NN)N1CCOCC1. The lowest BCUT2D eigenvalue weighted by Crippen LogP contribution is -2.54. The van der Waals surface area contributed by atoms with E-state index in [2.05, 4.69) is 5.43 Å². The average Bonchev–Trinajstić information content (AvgIpc) is 2.26. The minimum atomic E-state index is -0.311. The van der Waals surface area contributed by atoms with E-state index >= 15 is 0 Å². The number of nitrogens with zero attached hydrogens (tertiary/aromatic N) is 1. The van der Waals surface area contributed by atoms with Gasteiger partial charge in [-0.15, -0.1) is 0 Å². The maximum absolute atomic E-state index is 11.4. The van der Waals surface area contributed by atoms with E-state index in [0.29, 0.717) is 19.8 Å². The second kappa shape index (κ2) is 5.92.